The second-order valence-electron chi connectivity index (χ2n) is 6.48. The van der Waals surface area contributed by atoms with Crippen LogP contribution in [-0.4, -0.2) is 42.6 Å². The number of methoxy groups -OCH3 is 1. The lowest BCUT2D eigenvalue weighted by Gasteiger charge is -2.16. The fourth-order valence-corrected chi connectivity index (χ4v) is 2.67. The van der Waals surface area contributed by atoms with Crippen LogP contribution in [0.25, 0.3) is 6.08 Å². The molecule has 0 bridgehead atoms. The Balaban J connectivity index is 1.80. The molecule has 1 saturated heterocycles. The van der Waals surface area contributed by atoms with Gasteiger partial charge in [0.25, 0.3) is 5.91 Å². The summed E-state index contributed by atoms with van der Waals surface area (Å²) in [5, 5.41) is 2.67. The Kier molecular flexibility index (Phi) is 6.07. The van der Waals surface area contributed by atoms with Gasteiger partial charge in [0.05, 0.1) is 13.7 Å². The Hall–Kier alpha value is -2.50. The first-order chi connectivity index (χ1) is 11.9. The van der Waals surface area contributed by atoms with E-state index in [4.69, 9.17) is 9.47 Å². The van der Waals surface area contributed by atoms with Gasteiger partial charge in [-0.05, 0) is 51.3 Å². The molecule has 1 aliphatic heterocycles. The number of benzene rings is 1. The van der Waals surface area contributed by atoms with Gasteiger partial charge >= 0.3 is 6.03 Å². The SMILES string of the molecule is C/C=C/c1ccc(OCCCCN2C(=O)NC(C)(C)C2=O)c(OC)c1. The van der Waals surface area contributed by atoms with E-state index in [9.17, 15) is 9.59 Å². The smallest absolute Gasteiger partial charge is 0.325 e. The minimum Gasteiger partial charge on any atom is -0.493 e. The molecule has 0 aliphatic carbocycles. The summed E-state index contributed by atoms with van der Waals surface area (Å²) in [5.74, 6) is 1.19. The van der Waals surface area contributed by atoms with Crippen molar-refractivity contribution in [2.24, 2.45) is 0 Å². The van der Waals surface area contributed by atoms with Gasteiger partial charge in [-0.2, -0.15) is 0 Å². The molecule has 0 atom stereocenters. The fraction of sp³-hybridized carbons (Fsp3) is 0.474. The zero-order chi connectivity index (χ0) is 18.4. The summed E-state index contributed by atoms with van der Waals surface area (Å²) in [4.78, 5) is 25.1. The van der Waals surface area contributed by atoms with Crippen LogP contribution in [0.1, 0.15) is 39.2 Å². The Morgan fingerprint density at radius 1 is 1.20 bits per heavy atom. The number of nitrogens with zero attached hydrogens (tertiary/aromatic N) is 1. The first kappa shape index (κ1) is 18.8. The van der Waals surface area contributed by atoms with Crippen LogP contribution >= 0.6 is 0 Å². The first-order valence-corrected chi connectivity index (χ1v) is 8.46. The molecule has 1 fully saturated rings. The highest BCUT2D eigenvalue weighted by molar-refractivity contribution is 6.06. The lowest BCUT2D eigenvalue weighted by molar-refractivity contribution is -0.130. The van der Waals surface area contributed by atoms with Crippen LogP contribution in [0.5, 0.6) is 11.5 Å². The maximum atomic E-state index is 12.1. The Bertz CT molecular complexity index is 667. The Morgan fingerprint density at radius 2 is 1.96 bits per heavy atom. The molecule has 0 unspecified atom stereocenters. The first-order valence-electron chi connectivity index (χ1n) is 8.46. The normalized spacial score (nSPS) is 16.4. The summed E-state index contributed by atoms with van der Waals surface area (Å²) < 4.78 is 11.1. The molecule has 3 amide bonds. The Labute approximate surface area is 148 Å². The highest BCUT2D eigenvalue weighted by Crippen LogP contribution is 2.28. The van der Waals surface area contributed by atoms with E-state index >= 15 is 0 Å². The van der Waals surface area contributed by atoms with Crippen molar-refractivity contribution in [2.45, 2.75) is 39.2 Å². The minimum atomic E-state index is -0.810. The summed E-state index contributed by atoms with van der Waals surface area (Å²) in [7, 11) is 1.61. The van der Waals surface area contributed by atoms with Crippen LogP contribution < -0.4 is 14.8 Å². The quantitative estimate of drug-likeness (QED) is 0.580. The number of carbonyl (C=O) groups is 2. The van der Waals surface area contributed by atoms with Crippen molar-refractivity contribution in [1.29, 1.82) is 0 Å². The molecule has 1 aromatic rings. The maximum Gasteiger partial charge on any atom is 0.325 e. The molecule has 6 heteroatoms. The van der Waals surface area contributed by atoms with Crippen molar-refractivity contribution in [3.8, 4) is 11.5 Å². The fourth-order valence-electron chi connectivity index (χ4n) is 2.67. The zero-order valence-corrected chi connectivity index (χ0v) is 15.3. The van der Waals surface area contributed by atoms with Crippen LogP contribution in [0.2, 0.25) is 0 Å². The predicted octanol–water partition coefficient (Wildman–Crippen LogP) is 3.22. The number of amides is 3. The number of ether oxygens (including phenoxy) is 2. The molecule has 1 heterocycles. The van der Waals surface area contributed by atoms with Crippen LogP contribution in [0.3, 0.4) is 0 Å². The summed E-state index contributed by atoms with van der Waals surface area (Å²) in [6.07, 6.45) is 5.38. The third kappa shape index (κ3) is 4.53. The lowest BCUT2D eigenvalue weighted by Crippen LogP contribution is -2.40. The van der Waals surface area contributed by atoms with Crippen molar-refractivity contribution in [3.05, 3.63) is 29.8 Å². The predicted molar refractivity (Wildman–Crippen MR) is 96.8 cm³/mol. The van der Waals surface area contributed by atoms with Gasteiger partial charge in [0.2, 0.25) is 0 Å². The maximum absolute atomic E-state index is 12.1. The highest BCUT2D eigenvalue weighted by atomic mass is 16.5. The average molecular weight is 346 g/mol. The molecule has 0 spiro atoms. The lowest BCUT2D eigenvalue weighted by atomic mass is 10.1. The van der Waals surface area contributed by atoms with Gasteiger partial charge in [-0.25, -0.2) is 4.79 Å². The third-order valence-corrected chi connectivity index (χ3v) is 4.02. The van der Waals surface area contributed by atoms with E-state index in [0.29, 0.717) is 31.1 Å². The van der Waals surface area contributed by atoms with Crippen LogP contribution in [0.4, 0.5) is 4.79 Å². The standard InChI is InChI=1S/C19H26N2O4/c1-5-8-14-9-10-15(16(13-14)24-4)25-12-7-6-11-21-17(22)19(2,3)20-18(21)23/h5,8-10,13H,6-7,11-12H2,1-4H3,(H,20,23)/b8-5+. The topological polar surface area (TPSA) is 67.9 Å². The molecular weight excluding hydrogens is 320 g/mol. The zero-order valence-electron chi connectivity index (χ0n) is 15.3. The van der Waals surface area contributed by atoms with Gasteiger partial charge in [0.1, 0.15) is 5.54 Å². The van der Waals surface area contributed by atoms with E-state index in [2.05, 4.69) is 5.32 Å². The van der Waals surface area contributed by atoms with Crippen LogP contribution in [0, 0.1) is 0 Å². The van der Waals surface area contributed by atoms with Crippen molar-refractivity contribution in [2.75, 3.05) is 20.3 Å². The molecule has 0 radical (unpaired) electrons. The summed E-state index contributed by atoms with van der Waals surface area (Å²) in [6, 6.07) is 5.45. The van der Waals surface area contributed by atoms with Crippen molar-refractivity contribution >= 4 is 18.0 Å². The molecule has 1 aliphatic rings. The number of nitrogens with one attached hydrogen (secondary N) is 1. The second-order valence-corrected chi connectivity index (χ2v) is 6.48. The summed E-state index contributed by atoms with van der Waals surface area (Å²) in [5.41, 5.74) is 0.239. The Morgan fingerprint density at radius 3 is 2.56 bits per heavy atom. The third-order valence-electron chi connectivity index (χ3n) is 4.02. The van der Waals surface area contributed by atoms with Crippen molar-refractivity contribution < 1.29 is 19.1 Å². The number of carbonyl (C=O) groups excluding carboxylic acids is 2. The molecular formula is C19H26N2O4. The van der Waals surface area contributed by atoms with E-state index in [1.54, 1.807) is 21.0 Å². The second kappa shape index (κ2) is 8.05. The number of allylic oxidation sites excluding steroid dienone is 1. The van der Waals surface area contributed by atoms with Gasteiger partial charge in [0.15, 0.2) is 11.5 Å². The number of unbranched alkanes of at least 4 members (excludes halogenated alkanes) is 1. The van der Waals surface area contributed by atoms with E-state index in [0.717, 1.165) is 12.0 Å². The van der Waals surface area contributed by atoms with Gasteiger partial charge in [-0.15, -0.1) is 0 Å². The minimum absolute atomic E-state index is 0.181. The molecule has 2 rings (SSSR count). The van der Waals surface area contributed by atoms with Gasteiger partial charge in [-0.3, -0.25) is 9.69 Å². The number of imide groups is 1. The summed E-state index contributed by atoms with van der Waals surface area (Å²) >= 11 is 0. The largest absolute Gasteiger partial charge is 0.493 e. The number of urea groups is 1. The number of rotatable bonds is 8. The van der Waals surface area contributed by atoms with E-state index < -0.39 is 5.54 Å². The molecule has 1 N–H and O–H groups in total. The van der Waals surface area contributed by atoms with Crippen LogP contribution in [-0.2, 0) is 4.79 Å². The van der Waals surface area contributed by atoms with E-state index in [-0.39, 0.29) is 11.9 Å². The van der Waals surface area contributed by atoms with E-state index in [1.165, 1.54) is 4.90 Å². The molecule has 25 heavy (non-hydrogen) atoms. The highest BCUT2D eigenvalue weighted by Gasteiger charge is 2.43. The van der Waals surface area contributed by atoms with Crippen molar-refractivity contribution in [1.82, 2.24) is 10.2 Å². The monoisotopic (exact) mass is 346 g/mol. The van der Waals surface area contributed by atoms with Gasteiger partial charge < -0.3 is 14.8 Å². The number of hydrogen-bond donors (Lipinski definition) is 1. The average Bonchev–Trinajstić information content (AvgIpc) is 2.77. The van der Waals surface area contributed by atoms with E-state index in [1.807, 2.05) is 37.3 Å². The molecule has 136 valence electrons. The van der Waals surface area contributed by atoms with Gasteiger partial charge in [-0.1, -0.05) is 18.2 Å². The molecule has 0 saturated carbocycles. The summed E-state index contributed by atoms with van der Waals surface area (Å²) in [6.45, 7) is 6.27. The molecule has 0 aromatic heterocycles. The molecule has 1 aromatic carbocycles. The van der Waals surface area contributed by atoms with Crippen LogP contribution in [0.15, 0.2) is 24.3 Å². The number of hydrogen-bond acceptors (Lipinski definition) is 4. The van der Waals surface area contributed by atoms with Crippen molar-refractivity contribution in [3.63, 3.8) is 0 Å². The van der Waals surface area contributed by atoms with Gasteiger partial charge in [0, 0.05) is 6.54 Å². The molecule has 6 nitrogen and oxygen atoms in total.